The Morgan fingerprint density at radius 3 is 2.26 bits per heavy atom. The number of hydrogen-bond donors (Lipinski definition) is 0. The number of sulfone groups is 1. The van der Waals surface area contributed by atoms with E-state index < -0.39 is 9.84 Å². The number of morpholine rings is 1. The zero-order valence-electron chi connectivity index (χ0n) is 13.7. The lowest BCUT2D eigenvalue weighted by Gasteiger charge is -2.26. The Morgan fingerprint density at radius 1 is 1.04 bits per heavy atom. The molecule has 0 amide bonds. The summed E-state index contributed by atoms with van der Waals surface area (Å²) < 4.78 is 46.3. The van der Waals surface area contributed by atoms with Crippen LogP contribution in [0.5, 0.6) is 17.2 Å². The van der Waals surface area contributed by atoms with Crippen molar-refractivity contribution in [2.75, 3.05) is 59.9 Å². The van der Waals surface area contributed by atoms with Gasteiger partial charge in [-0.15, -0.1) is 0 Å². The molecule has 1 heterocycles. The average molecular weight is 345 g/mol. The Hall–Kier alpha value is -1.51. The predicted molar refractivity (Wildman–Crippen MR) is 85.4 cm³/mol. The quantitative estimate of drug-likeness (QED) is 0.724. The van der Waals surface area contributed by atoms with E-state index in [0.29, 0.717) is 25.5 Å². The molecule has 130 valence electrons. The molecule has 1 aliphatic rings. The largest absolute Gasteiger partial charge is 0.493 e. The molecule has 2 rings (SSSR count). The molecule has 8 heteroatoms. The second kappa shape index (κ2) is 7.85. The fourth-order valence-corrected chi connectivity index (χ4v) is 3.96. The number of hydrogen-bond acceptors (Lipinski definition) is 7. The van der Waals surface area contributed by atoms with Crippen molar-refractivity contribution in [3.05, 3.63) is 12.1 Å². The maximum atomic E-state index is 12.7. The minimum atomic E-state index is -3.50. The molecule has 0 aliphatic carbocycles. The molecule has 7 nitrogen and oxygen atoms in total. The molecular formula is C15H23NO6S. The maximum absolute atomic E-state index is 12.7. The van der Waals surface area contributed by atoms with Crippen molar-refractivity contribution in [3.8, 4) is 17.2 Å². The molecule has 0 atom stereocenters. The van der Waals surface area contributed by atoms with Crippen LogP contribution in [-0.2, 0) is 14.6 Å². The summed E-state index contributed by atoms with van der Waals surface area (Å²) in [5, 5.41) is 0. The lowest BCUT2D eigenvalue weighted by atomic mass is 10.3. The molecule has 1 aromatic rings. The highest BCUT2D eigenvalue weighted by atomic mass is 32.2. The van der Waals surface area contributed by atoms with Crippen LogP contribution >= 0.6 is 0 Å². The Balaban J connectivity index is 2.24. The highest BCUT2D eigenvalue weighted by molar-refractivity contribution is 7.91. The van der Waals surface area contributed by atoms with Crippen molar-refractivity contribution >= 4 is 9.84 Å². The number of ether oxygens (including phenoxy) is 4. The minimum Gasteiger partial charge on any atom is -0.493 e. The van der Waals surface area contributed by atoms with E-state index in [-0.39, 0.29) is 22.1 Å². The molecule has 1 aromatic carbocycles. The van der Waals surface area contributed by atoms with Gasteiger partial charge in [-0.1, -0.05) is 0 Å². The van der Waals surface area contributed by atoms with Crippen LogP contribution in [0.3, 0.4) is 0 Å². The summed E-state index contributed by atoms with van der Waals surface area (Å²) in [4.78, 5) is 2.19. The fraction of sp³-hybridized carbons (Fsp3) is 0.600. The molecule has 0 bridgehead atoms. The number of benzene rings is 1. The molecule has 0 radical (unpaired) electrons. The van der Waals surface area contributed by atoms with E-state index in [9.17, 15) is 8.42 Å². The van der Waals surface area contributed by atoms with Gasteiger partial charge in [-0.25, -0.2) is 8.42 Å². The first-order valence-corrected chi connectivity index (χ1v) is 9.00. The van der Waals surface area contributed by atoms with Gasteiger partial charge in [0.2, 0.25) is 5.75 Å². The Bertz CT molecular complexity index is 625. The van der Waals surface area contributed by atoms with E-state index in [1.54, 1.807) is 6.07 Å². The first-order valence-electron chi connectivity index (χ1n) is 7.35. The van der Waals surface area contributed by atoms with Crippen molar-refractivity contribution in [3.63, 3.8) is 0 Å². The van der Waals surface area contributed by atoms with Crippen LogP contribution in [-0.4, -0.2) is 73.2 Å². The lowest BCUT2D eigenvalue weighted by Crippen LogP contribution is -2.39. The van der Waals surface area contributed by atoms with Crippen LogP contribution in [0, 0.1) is 0 Å². The Morgan fingerprint density at radius 2 is 1.70 bits per heavy atom. The van der Waals surface area contributed by atoms with Gasteiger partial charge >= 0.3 is 0 Å². The third kappa shape index (κ3) is 4.07. The van der Waals surface area contributed by atoms with Gasteiger partial charge in [0.05, 0.1) is 40.3 Å². The summed E-state index contributed by atoms with van der Waals surface area (Å²) in [6, 6.07) is 3.07. The summed E-state index contributed by atoms with van der Waals surface area (Å²) in [7, 11) is 0.851. The number of methoxy groups -OCH3 is 3. The summed E-state index contributed by atoms with van der Waals surface area (Å²) in [6.45, 7) is 3.24. The first-order chi connectivity index (χ1) is 11.0. The van der Waals surface area contributed by atoms with Crippen LogP contribution in [0.25, 0.3) is 0 Å². The molecule has 0 saturated carbocycles. The van der Waals surface area contributed by atoms with Crippen LogP contribution in [0.2, 0.25) is 0 Å². The van der Waals surface area contributed by atoms with Crippen LogP contribution < -0.4 is 14.2 Å². The number of rotatable bonds is 7. The zero-order chi connectivity index (χ0) is 16.9. The van der Waals surface area contributed by atoms with Gasteiger partial charge in [-0.2, -0.15) is 0 Å². The van der Waals surface area contributed by atoms with Gasteiger partial charge in [-0.05, 0) is 12.1 Å². The fourth-order valence-electron chi connectivity index (χ4n) is 2.50. The molecule has 0 unspecified atom stereocenters. The second-order valence-electron chi connectivity index (χ2n) is 5.11. The van der Waals surface area contributed by atoms with E-state index in [2.05, 4.69) is 4.90 Å². The Labute approximate surface area is 137 Å². The molecule has 0 spiro atoms. The smallest absolute Gasteiger partial charge is 0.204 e. The lowest BCUT2D eigenvalue weighted by molar-refractivity contribution is 0.0408. The maximum Gasteiger partial charge on any atom is 0.204 e. The third-order valence-electron chi connectivity index (χ3n) is 3.78. The van der Waals surface area contributed by atoms with Gasteiger partial charge in [-0.3, -0.25) is 4.90 Å². The van der Waals surface area contributed by atoms with E-state index >= 15 is 0 Å². The average Bonchev–Trinajstić information content (AvgIpc) is 2.59. The SMILES string of the molecule is COc1ccc(S(=O)(=O)CCN2CCOCC2)c(OC)c1OC. The molecule has 1 saturated heterocycles. The first kappa shape index (κ1) is 17.8. The normalized spacial score (nSPS) is 16.1. The molecule has 0 aromatic heterocycles. The molecule has 23 heavy (non-hydrogen) atoms. The van der Waals surface area contributed by atoms with Crippen LogP contribution in [0.4, 0.5) is 0 Å². The summed E-state index contributed by atoms with van der Waals surface area (Å²) in [5.41, 5.74) is 0. The summed E-state index contributed by atoms with van der Waals surface area (Å²) in [6.07, 6.45) is 0. The molecule has 1 aliphatic heterocycles. The predicted octanol–water partition coefficient (Wildman–Crippen LogP) is 0.818. The summed E-state index contributed by atoms with van der Waals surface area (Å²) >= 11 is 0. The van der Waals surface area contributed by atoms with E-state index in [4.69, 9.17) is 18.9 Å². The van der Waals surface area contributed by atoms with Gasteiger partial charge in [0, 0.05) is 19.6 Å². The van der Waals surface area contributed by atoms with Crippen LogP contribution in [0.1, 0.15) is 0 Å². The second-order valence-corrected chi connectivity index (χ2v) is 7.18. The standard InChI is InChI=1S/C15H23NO6S/c1-19-12-4-5-13(15(21-3)14(12)20-2)23(17,18)11-8-16-6-9-22-10-7-16/h4-5H,6-11H2,1-3H3. The van der Waals surface area contributed by atoms with E-state index in [0.717, 1.165) is 13.1 Å². The number of nitrogens with zero attached hydrogens (tertiary/aromatic N) is 1. The molecule has 1 fully saturated rings. The van der Waals surface area contributed by atoms with Gasteiger partial charge < -0.3 is 18.9 Å². The van der Waals surface area contributed by atoms with Crippen LogP contribution in [0.15, 0.2) is 17.0 Å². The zero-order valence-corrected chi connectivity index (χ0v) is 14.5. The highest BCUT2D eigenvalue weighted by Gasteiger charge is 2.26. The van der Waals surface area contributed by atoms with Crippen molar-refractivity contribution in [2.24, 2.45) is 0 Å². The van der Waals surface area contributed by atoms with Gasteiger partial charge in [0.15, 0.2) is 21.3 Å². The topological polar surface area (TPSA) is 74.3 Å². The minimum absolute atomic E-state index is 0.0127. The molecular weight excluding hydrogens is 322 g/mol. The Kier molecular flexibility index (Phi) is 6.09. The van der Waals surface area contributed by atoms with E-state index in [1.165, 1.54) is 27.4 Å². The van der Waals surface area contributed by atoms with Gasteiger partial charge in [0.1, 0.15) is 4.90 Å². The van der Waals surface area contributed by atoms with E-state index in [1.807, 2.05) is 0 Å². The monoisotopic (exact) mass is 345 g/mol. The molecule has 0 N–H and O–H groups in total. The van der Waals surface area contributed by atoms with Crippen molar-refractivity contribution < 1.29 is 27.4 Å². The summed E-state index contributed by atoms with van der Waals surface area (Å²) in [5.74, 6) is 0.895. The highest BCUT2D eigenvalue weighted by Crippen LogP contribution is 2.41. The van der Waals surface area contributed by atoms with Gasteiger partial charge in [0.25, 0.3) is 0 Å². The van der Waals surface area contributed by atoms with Crippen molar-refractivity contribution in [1.82, 2.24) is 4.90 Å². The van der Waals surface area contributed by atoms with Crippen molar-refractivity contribution in [2.45, 2.75) is 4.90 Å². The third-order valence-corrected chi connectivity index (χ3v) is 5.49. The van der Waals surface area contributed by atoms with Crippen molar-refractivity contribution in [1.29, 1.82) is 0 Å².